The predicted octanol–water partition coefficient (Wildman–Crippen LogP) is 1.98. The summed E-state index contributed by atoms with van der Waals surface area (Å²) < 4.78 is 10.8. The van der Waals surface area contributed by atoms with Crippen molar-refractivity contribution < 1.29 is 23.8 Å². The number of benzene rings is 1. The molecule has 1 aromatic carbocycles. The molecular weight excluding hydrogens is 286 g/mol. The van der Waals surface area contributed by atoms with Crippen LogP contribution in [0.3, 0.4) is 0 Å². The lowest BCUT2D eigenvalue weighted by Crippen LogP contribution is -2.52. The first-order chi connectivity index (χ1) is 10.5. The normalized spacial score (nSPS) is 18.6. The van der Waals surface area contributed by atoms with Gasteiger partial charge in [-0.2, -0.15) is 0 Å². The number of hydrogen-bond donors (Lipinski definition) is 1. The number of carbonyl (C=O) groups excluding carboxylic acids is 1. The van der Waals surface area contributed by atoms with Gasteiger partial charge in [0.15, 0.2) is 11.8 Å². The molecule has 0 radical (unpaired) electrons. The number of carboxylic acids is 1. The van der Waals surface area contributed by atoms with Crippen molar-refractivity contribution in [2.75, 3.05) is 19.8 Å². The molecule has 1 aromatic heterocycles. The average Bonchev–Trinajstić information content (AvgIpc) is 2.89. The van der Waals surface area contributed by atoms with Gasteiger partial charge < -0.3 is 19.2 Å². The van der Waals surface area contributed by atoms with E-state index >= 15 is 0 Å². The lowest BCUT2D eigenvalue weighted by Gasteiger charge is -2.32. The van der Waals surface area contributed by atoms with Gasteiger partial charge in [-0.05, 0) is 43.2 Å². The maximum atomic E-state index is 12.6. The number of amides is 1. The number of rotatable bonds is 2. The zero-order valence-corrected chi connectivity index (χ0v) is 12.5. The molecule has 0 saturated carbocycles. The molecule has 1 aliphatic rings. The minimum Gasteiger partial charge on any atom is -0.480 e. The van der Waals surface area contributed by atoms with Crippen LogP contribution in [0.4, 0.5) is 0 Å². The summed E-state index contributed by atoms with van der Waals surface area (Å²) in [5, 5.41) is 10.1. The van der Waals surface area contributed by atoms with Crippen molar-refractivity contribution in [2.45, 2.75) is 19.9 Å². The third-order valence-corrected chi connectivity index (χ3v) is 4.02. The van der Waals surface area contributed by atoms with Crippen LogP contribution >= 0.6 is 0 Å². The van der Waals surface area contributed by atoms with E-state index in [1.165, 1.54) is 4.90 Å². The second-order valence-electron chi connectivity index (χ2n) is 5.51. The van der Waals surface area contributed by atoms with Crippen molar-refractivity contribution >= 4 is 22.8 Å². The molecule has 116 valence electrons. The lowest BCUT2D eigenvalue weighted by atomic mass is 10.1. The monoisotopic (exact) mass is 303 g/mol. The van der Waals surface area contributed by atoms with Crippen LogP contribution in [0.25, 0.3) is 11.0 Å². The molecule has 0 unspecified atom stereocenters. The molecule has 22 heavy (non-hydrogen) atoms. The number of ether oxygens (including phenoxy) is 1. The molecule has 6 nitrogen and oxygen atoms in total. The van der Waals surface area contributed by atoms with Gasteiger partial charge in [0.2, 0.25) is 0 Å². The van der Waals surface area contributed by atoms with E-state index in [0.29, 0.717) is 12.2 Å². The van der Waals surface area contributed by atoms with Crippen molar-refractivity contribution in [3.8, 4) is 0 Å². The Morgan fingerprint density at radius 1 is 1.23 bits per heavy atom. The molecule has 1 aliphatic heterocycles. The Labute approximate surface area is 127 Å². The first-order valence-corrected chi connectivity index (χ1v) is 7.09. The Morgan fingerprint density at radius 3 is 2.68 bits per heavy atom. The van der Waals surface area contributed by atoms with Gasteiger partial charge in [-0.3, -0.25) is 4.79 Å². The van der Waals surface area contributed by atoms with Crippen molar-refractivity contribution in [2.24, 2.45) is 0 Å². The van der Waals surface area contributed by atoms with E-state index in [1.807, 2.05) is 26.0 Å². The van der Waals surface area contributed by atoms with E-state index in [2.05, 4.69) is 0 Å². The van der Waals surface area contributed by atoms with Gasteiger partial charge in [0.05, 0.1) is 13.2 Å². The number of morpholine rings is 1. The Bertz CT molecular complexity index is 709. The van der Waals surface area contributed by atoms with Crippen LogP contribution in [-0.4, -0.2) is 47.7 Å². The highest BCUT2D eigenvalue weighted by atomic mass is 16.5. The fourth-order valence-electron chi connectivity index (χ4n) is 2.60. The van der Waals surface area contributed by atoms with Crippen LogP contribution in [0.1, 0.15) is 21.7 Å². The van der Waals surface area contributed by atoms with Crippen LogP contribution in [0, 0.1) is 13.8 Å². The zero-order valence-electron chi connectivity index (χ0n) is 12.5. The molecule has 3 rings (SSSR count). The molecular formula is C16H17NO5. The predicted molar refractivity (Wildman–Crippen MR) is 79.0 cm³/mol. The first kappa shape index (κ1) is 14.6. The number of aryl methyl sites for hydroxylation is 2. The largest absolute Gasteiger partial charge is 0.480 e. The van der Waals surface area contributed by atoms with E-state index in [-0.39, 0.29) is 18.9 Å². The van der Waals surface area contributed by atoms with Crippen LogP contribution in [-0.2, 0) is 9.53 Å². The molecule has 1 N–H and O–H groups in total. The molecule has 6 heteroatoms. The second kappa shape index (κ2) is 5.46. The third-order valence-electron chi connectivity index (χ3n) is 4.02. The van der Waals surface area contributed by atoms with Gasteiger partial charge in [0.1, 0.15) is 5.58 Å². The van der Waals surface area contributed by atoms with Gasteiger partial charge in [-0.1, -0.05) is 0 Å². The summed E-state index contributed by atoms with van der Waals surface area (Å²) >= 11 is 0. The lowest BCUT2D eigenvalue weighted by molar-refractivity contribution is -0.147. The number of hydrogen-bond acceptors (Lipinski definition) is 4. The number of furan rings is 1. The van der Waals surface area contributed by atoms with E-state index in [4.69, 9.17) is 9.15 Å². The fraction of sp³-hybridized carbons (Fsp3) is 0.375. The van der Waals surface area contributed by atoms with Crippen molar-refractivity contribution in [3.63, 3.8) is 0 Å². The van der Waals surface area contributed by atoms with Gasteiger partial charge >= 0.3 is 5.97 Å². The van der Waals surface area contributed by atoms with E-state index in [9.17, 15) is 14.7 Å². The highest BCUT2D eigenvalue weighted by molar-refractivity contribution is 5.98. The Hall–Kier alpha value is -2.34. The Morgan fingerprint density at radius 2 is 1.95 bits per heavy atom. The number of nitrogens with zero attached hydrogens (tertiary/aromatic N) is 1. The van der Waals surface area contributed by atoms with Crippen molar-refractivity contribution in [1.82, 2.24) is 4.90 Å². The molecule has 0 spiro atoms. The number of carbonyl (C=O) groups is 2. The SMILES string of the molecule is Cc1cc2cc(C(=O)N3CCOC[C@H]3C(=O)O)oc2cc1C. The molecule has 0 aliphatic carbocycles. The quantitative estimate of drug-likeness (QED) is 0.917. The van der Waals surface area contributed by atoms with Crippen molar-refractivity contribution in [3.05, 3.63) is 35.1 Å². The molecule has 0 bridgehead atoms. The topological polar surface area (TPSA) is 80.0 Å². The third kappa shape index (κ3) is 2.46. The first-order valence-electron chi connectivity index (χ1n) is 7.09. The van der Waals surface area contributed by atoms with E-state index in [0.717, 1.165) is 16.5 Å². The second-order valence-corrected chi connectivity index (χ2v) is 5.51. The van der Waals surface area contributed by atoms with E-state index < -0.39 is 17.9 Å². The van der Waals surface area contributed by atoms with Crippen LogP contribution in [0.15, 0.2) is 22.6 Å². The van der Waals surface area contributed by atoms with Crippen LogP contribution in [0.5, 0.6) is 0 Å². The Kier molecular flexibility index (Phi) is 3.62. The molecule has 1 amide bonds. The zero-order chi connectivity index (χ0) is 15.9. The standard InChI is InChI=1S/C16H17NO5/c1-9-5-11-7-14(22-13(11)6-10(9)2)15(18)17-3-4-21-8-12(17)16(19)20/h5-7,12H,3-4,8H2,1-2H3,(H,19,20)/t12-/m0/s1. The maximum Gasteiger partial charge on any atom is 0.328 e. The highest BCUT2D eigenvalue weighted by Crippen LogP contribution is 2.25. The van der Waals surface area contributed by atoms with Crippen molar-refractivity contribution in [1.29, 1.82) is 0 Å². The molecule has 2 aromatic rings. The summed E-state index contributed by atoms with van der Waals surface area (Å²) in [5.74, 6) is -1.33. The summed E-state index contributed by atoms with van der Waals surface area (Å²) in [6.45, 7) is 4.53. The minimum atomic E-state index is -1.07. The van der Waals surface area contributed by atoms with Gasteiger partial charge in [-0.15, -0.1) is 0 Å². The van der Waals surface area contributed by atoms with Crippen LogP contribution in [0.2, 0.25) is 0 Å². The van der Waals surface area contributed by atoms with Gasteiger partial charge in [0.25, 0.3) is 5.91 Å². The summed E-state index contributed by atoms with van der Waals surface area (Å²) in [5.41, 5.74) is 2.82. The summed E-state index contributed by atoms with van der Waals surface area (Å²) in [7, 11) is 0. The molecule has 1 atom stereocenters. The van der Waals surface area contributed by atoms with Crippen LogP contribution < -0.4 is 0 Å². The fourth-order valence-corrected chi connectivity index (χ4v) is 2.60. The number of fused-ring (bicyclic) bond motifs is 1. The smallest absolute Gasteiger partial charge is 0.328 e. The van der Waals surface area contributed by atoms with Gasteiger partial charge in [0, 0.05) is 11.9 Å². The molecule has 2 heterocycles. The summed E-state index contributed by atoms with van der Waals surface area (Å²) in [6.07, 6.45) is 0. The Balaban J connectivity index is 1.95. The minimum absolute atomic E-state index is 0.000478. The molecule has 1 fully saturated rings. The van der Waals surface area contributed by atoms with E-state index in [1.54, 1.807) is 6.07 Å². The maximum absolute atomic E-state index is 12.6. The number of carboxylic acid groups (broad SMARTS) is 1. The number of aliphatic carboxylic acids is 1. The average molecular weight is 303 g/mol. The summed E-state index contributed by atoms with van der Waals surface area (Å²) in [4.78, 5) is 25.1. The van der Waals surface area contributed by atoms with Gasteiger partial charge in [-0.25, -0.2) is 4.79 Å². The highest BCUT2D eigenvalue weighted by Gasteiger charge is 2.34. The molecule has 1 saturated heterocycles. The summed E-state index contributed by atoms with van der Waals surface area (Å²) in [6, 6.07) is 4.53.